The van der Waals surface area contributed by atoms with Gasteiger partial charge in [-0.2, -0.15) is 0 Å². The van der Waals surface area contributed by atoms with Gasteiger partial charge in [-0.1, -0.05) is 34.4 Å². The number of aromatic nitrogens is 1. The number of amides is 2. The number of urea groups is 1. The Hall–Kier alpha value is -2.61. The zero-order valence-corrected chi connectivity index (χ0v) is 21.1. The number of nitrogens with zero attached hydrogens (tertiary/aromatic N) is 2. The van der Waals surface area contributed by atoms with E-state index in [0.29, 0.717) is 39.5 Å². The molecule has 2 unspecified atom stereocenters. The normalized spacial score (nSPS) is 23.2. The average Bonchev–Trinajstić information content (AvgIpc) is 3.56. The van der Waals surface area contributed by atoms with Gasteiger partial charge in [0.2, 0.25) is 0 Å². The molecule has 2 amide bonds. The van der Waals surface area contributed by atoms with Gasteiger partial charge in [0.25, 0.3) is 0 Å². The number of piperidine rings is 1. The third-order valence-corrected chi connectivity index (χ3v) is 8.08. The van der Waals surface area contributed by atoms with E-state index >= 15 is 0 Å². The molecule has 2 aromatic carbocycles. The van der Waals surface area contributed by atoms with Gasteiger partial charge in [0.1, 0.15) is 17.3 Å². The number of ether oxygens (including phenoxy) is 1. The molecule has 1 saturated carbocycles. The molecule has 0 radical (unpaired) electrons. The van der Waals surface area contributed by atoms with Crippen molar-refractivity contribution in [2.75, 3.05) is 5.32 Å². The number of anilines is 1. The Kier molecular flexibility index (Phi) is 6.40. The minimum atomic E-state index is -0.330. The highest BCUT2D eigenvalue weighted by atomic mass is 35.5. The molecule has 2 atom stereocenters. The van der Waals surface area contributed by atoms with Crippen LogP contribution in [0.3, 0.4) is 0 Å². The molecule has 1 aromatic heterocycles. The molecular formula is C27H26Cl2FN3O3. The van der Waals surface area contributed by atoms with Crippen molar-refractivity contribution in [2.45, 2.75) is 69.2 Å². The summed E-state index contributed by atoms with van der Waals surface area (Å²) in [6.07, 6.45) is 5.59. The number of fused-ring (bicyclic) bond motifs is 2. The number of hydrogen-bond donors (Lipinski definition) is 1. The summed E-state index contributed by atoms with van der Waals surface area (Å²) in [6.45, 7) is 0.359. The molecule has 36 heavy (non-hydrogen) atoms. The highest BCUT2D eigenvalue weighted by Gasteiger charge is 2.44. The van der Waals surface area contributed by atoms with Gasteiger partial charge >= 0.3 is 6.03 Å². The first-order valence-corrected chi connectivity index (χ1v) is 13.1. The third kappa shape index (κ3) is 4.60. The van der Waals surface area contributed by atoms with Crippen LogP contribution >= 0.6 is 23.2 Å². The lowest BCUT2D eigenvalue weighted by Gasteiger charge is -2.38. The van der Waals surface area contributed by atoms with Crippen LogP contribution in [0.25, 0.3) is 11.3 Å². The van der Waals surface area contributed by atoms with Crippen LogP contribution in [-0.2, 0) is 11.3 Å². The molecule has 1 aliphatic carbocycles. The van der Waals surface area contributed by atoms with Crippen molar-refractivity contribution in [1.82, 2.24) is 10.1 Å². The summed E-state index contributed by atoms with van der Waals surface area (Å²) in [5.74, 6) is 0.892. The molecule has 9 heteroatoms. The molecule has 1 N–H and O–H groups in total. The fourth-order valence-electron chi connectivity index (χ4n) is 5.57. The molecule has 6 rings (SSSR count). The Morgan fingerprint density at radius 2 is 1.72 bits per heavy atom. The third-order valence-electron chi connectivity index (χ3n) is 7.45. The quantitative estimate of drug-likeness (QED) is 0.361. The summed E-state index contributed by atoms with van der Waals surface area (Å²) in [7, 11) is 0. The summed E-state index contributed by atoms with van der Waals surface area (Å²) >= 11 is 13.0. The first kappa shape index (κ1) is 23.8. The Morgan fingerprint density at radius 3 is 2.36 bits per heavy atom. The van der Waals surface area contributed by atoms with Crippen LogP contribution in [0.2, 0.25) is 10.0 Å². The van der Waals surface area contributed by atoms with E-state index in [1.165, 1.54) is 12.1 Å². The van der Waals surface area contributed by atoms with Gasteiger partial charge in [0.05, 0.1) is 22.8 Å². The van der Waals surface area contributed by atoms with Crippen LogP contribution in [-0.4, -0.2) is 34.3 Å². The maximum atomic E-state index is 13.2. The van der Waals surface area contributed by atoms with Gasteiger partial charge in [0.15, 0.2) is 0 Å². The van der Waals surface area contributed by atoms with Crippen LogP contribution < -0.4 is 5.32 Å². The number of carbonyl (C=O) groups excluding carboxylic acids is 1. The standard InChI is InChI=1S/C27H26Cl2FN3O3/c28-22-2-1-3-23(29)24(22)25-21(26(36-32-25)15-4-5-15)14-35-20-12-18-10-11-19(13-20)33(18)27(34)31-17-8-6-16(30)7-9-17/h1-3,6-9,15,18-20H,4-5,10-14H2,(H,31,34). The fraction of sp³-hybridized carbons (Fsp3) is 0.407. The minimum Gasteiger partial charge on any atom is -0.373 e. The lowest BCUT2D eigenvalue weighted by Crippen LogP contribution is -2.50. The molecule has 188 valence electrons. The molecule has 3 aliphatic rings. The summed E-state index contributed by atoms with van der Waals surface area (Å²) < 4.78 is 25.4. The molecule has 2 bridgehead atoms. The first-order valence-electron chi connectivity index (χ1n) is 12.4. The van der Waals surface area contributed by atoms with E-state index in [0.717, 1.165) is 49.8 Å². The second-order valence-corrected chi connectivity index (χ2v) is 10.7. The Bertz CT molecular complexity index is 1240. The minimum absolute atomic E-state index is 0.0221. The predicted molar refractivity (Wildman–Crippen MR) is 136 cm³/mol. The summed E-state index contributed by atoms with van der Waals surface area (Å²) in [5, 5.41) is 8.30. The lowest BCUT2D eigenvalue weighted by molar-refractivity contribution is -0.0158. The Labute approximate surface area is 218 Å². The maximum absolute atomic E-state index is 13.2. The van der Waals surface area contributed by atoms with Crippen LogP contribution in [0.5, 0.6) is 0 Å². The van der Waals surface area contributed by atoms with Gasteiger partial charge < -0.3 is 19.5 Å². The van der Waals surface area contributed by atoms with E-state index in [1.807, 2.05) is 11.0 Å². The Morgan fingerprint density at radius 1 is 1.06 bits per heavy atom. The number of carbonyl (C=O) groups is 1. The molecular weight excluding hydrogens is 504 g/mol. The van der Waals surface area contributed by atoms with Crippen molar-refractivity contribution < 1.29 is 18.4 Å². The monoisotopic (exact) mass is 529 g/mol. The second kappa shape index (κ2) is 9.69. The average molecular weight is 530 g/mol. The maximum Gasteiger partial charge on any atom is 0.322 e. The van der Waals surface area contributed by atoms with Crippen LogP contribution in [0.4, 0.5) is 14.9 Å². The number of halogens is 3. The molecule has 6 nitrogen and oxygen atoms in total. The van der Waals surface area contributed by atoms with Gasteiger partial charge in [-0.05, 0) is 74.9 Å². The van der Waals surface area contributed by atoms with Crippen LogP contribution in [0, 0.1) is 5.82 Å². The SMILES string of the molecule is O=C(Nc1ccc(F)cc1)N1C2CCC1CC(OCc1c(-c3c(Cl)cccc3Cl)noc1C1CC1)C2. The van der Waals surface area contributed by atoms with E-state index in [9.17, 15) is 9.18 Å². The number of benzene rings is 2. The number of hydrogen-bond acceptors (Lipinski definition) is 4. The van der Waals surface area contributed by atoms with Crippen LogP contribution in [0.15, 0.2) is 47.0 Å². The Balaban J connectivity index is 1.15. The zero-order chi connectivity index (χ0) is 24.8. The van der Waals surface area contributed by atoms with E-state index < -0.39 is 0 Å². The van der Waals surface area contributed by atoms with Crippen LogP contribution in [0.1, 0.15) is 55.8 Å². The lowest BCUT2D eigenvalue weighted by atomic mass is 9.99. The number of rotatable bonds is 6. The largest absolute Gasteiger partial charge is 0.373 e. The van der Waals surface area contributed by atoms with E-state index in [2.05, 4.69) is 10.5 Å². The van der Waals surface area contributed by atoms with Gasteiger partial charge in [-0.25, -0.2) is 9.18 Å². The molecule has 3 aromatic rings. The van der Waals surface area contributed by atoms with Crippen molar-refractivity contribution in [3.63, 3.8) is 0 Å². The molecule has 3 heterocycles. The van der Waals surface area contributed by atoms with Crippen molar-refractivity contribution in [3.8, 4) is 11.3 Å². The molecule has 2 saturated heterocycles. The molecule has 2 aliphatic heterocycles. The van der Waals surface area contributed by atoms with Crippen molar-refractivity contribution >= 4 is 34.9 Å². The van der Waals surface area contributed by atoms with Crippen molar-refractivity contribution in [1.29, 1.82) is 0 Å². The zero-order valence-electron chi connectivity index (χ0n) is 19.6. The smallest absolute Gasteiger partial charge is 0.322 e. The summed E-state index contributed by atoms with van der Waals surface area (Å²) in [5.41, 5.74) is 2.82. The van der Waals surface area contributed by atoms with Gasteiger partial charge in [-0.3, -0.25) is 0 Å². The number of nitrogens with one attached hydrogen (secondary N) is 1. The second-order valence-electron chi connectivity index (χ2n) is 9.88. The van der Waals surface area contributed by atoms with Gasteiger partial charge in [-0.15, -0.1) is 0 Å². The topological polar surface area (TPSA) is 67.6 Å². The summed E-state index contributed by atoms with van der Waals surface area (Å²) in [4.78, 5) is 14.9. The fourth-order valence-corrected chi connectivity index (χ4v) is 6.14. The van der Waals surface area contributed by atoms with E-state index in [-0.39, 0.29) is 30.0 Å². The van der Waals surface area contributed by atoms with E-state index in [1.54, 1.807) is 24.3 Å². The van der Waals surface area contributed by atoms with Gasteiger partial charge in [0, 0.05) is 34.8 Å². The van der Waals surface area contributed by atoms with Crippen molar-refractivity contribution in [2.24, 2.45) is 0 Å². The summed E-state index contributed by atoms with van der Waals surface area (Å²) in [6, 6.07) is 11.3. The highest BCUT2D eigenvalue weighted by molar-refractivity contribution is 6.39. The molecule has 0 spiro atoms. The van der Waals surface area contributed by atoms with Crippen molar-refractivity contribution in [3.05, 3.63) is 69.7 Å². The van der Waals surface area contributed by atoms with E-state index in [4.69, 9.17) is 32.5 Å². The highest BCUT2D eigenvalue weighted by Crippen LogP contribution is 2.46. The predicted octanol–water partition coefficient (Wildman–Crippen LogP) is 7.41. The molecule has 3 fully saturated rings. The first-order chi connectivity index (χ1) is 17.5.